The highest BCUT2D eigenvalue weighted by Crippen LogP contribution is 2.31. The number of nitrogens with two attached hydrogens (primary N) is 1. The molecule has 0 heterocycles. The Bertz CT molecular complexity index is 383. The Labute approximate surface area is 109 Å². The SMILES string of the molecule is COc1ccc(CCN(C)CNN)c(OC)c1C. The minimum atomic E-state index is 0.664. The van der Waals surface area contributed by atoms with Crippen molar-refractivity contribution in [2.45, 2.75) is 13.3 Å². The van der Waals surface area contributed by atoms with E-state index in [0.717, 1.165) is 30.0 Å². The number of rotatable bonds is 7. The highest BCUT2D eigenvalue weighted by Gasteiger charge is 2.11. The second kappa shape index (κ2) is 7.20. The van der Waals surface area contributed by atoms with Crippen LogP contribution < -0.4 is 20.7 Å². The lowest BCUT2D eigenvalue weighted by molar-refractivity contribution is 0.310. The van der Waals surface area contributed by atoms with Crippen molar-refractivity contribution in [3.63, 3.8) is 0 Å². The number of likely N-dealkylation sites (N-methyl/N-ethyl adjacent to an activating group) is 1. The zero-order valence-corrected chi connectivity index (χ0v) is 11.6. The van der Waals surface area contributed by atoms with Gasteiger partial charge in [-0.25, -0.2) is 5.43 Å². The summed E-state index contributed by atoms with van der Waals surface area (Å²) in [6, 6.07) is 4.03. The molecule has 1 aromatic carbocycles. The van der Waals surface area contributed by atoms with Crippen LogP contribution >= 0.6 is 0 Å². The highest BCUT2D eigenvalue weighted by atomic mass is 16.5. The topological polar surface area (TPSA) is 59.8 Å². The predicted molar refractivity (Wildman–Crippen MR) is 72.8 cm³/mol. The van der Waals surface area contributed by atoms with Crippen LogP contribution in [0.5, 0.6) is 11.5 Å². The molecule has 3 N–H and O–H groups in total. The third kappa shape index (κ3) is 3.60. The molecule has 0 saturated carbocycles. The van der Waals surface area contributed by atoms with E-state index in [2.05, 4.69) is 10.3 Å². The van der Waals surface area contributed by atoms with Gasteiger partial charge in [0.2, 0.25) is 0 Å². The summed E-state index contributed by atoms with van der Waals surface area (Å²) in [5.41, 5.74) is 4.86. The molecule has 0 amide bonds. The maximum atomic E-state index is 5.47. The molecule has 0 atom stereocenters. The molecule has 1 rings (SSSR count). The van der Waals surface area contributed by atoms with Crippen molar-refractivity contribution in [3.8, 4) is 11.5 Å². The third-order valence-corrected chi connectivity index (χ3v) is 2.99. The number of ether oxygens (including phenoxy) is 2. The fourth-order valence-corrected chi connectivity index (χ4v) is 1.98. The summed E-state index contributed by atoms with van der Waals surface area (Å²) in [5, 5.41) is 0. The van der Waals surface area contributed by atoms with E-state index in [-0.39, 0.29) is 0 Å². The molecule has 102 valence electrons. The molecule has 18 heavy (non-hydrogen) atoms. The standard InChI is InChI=1S/C13H23N3O2/c1-10-12(17-3)6-5-11(13(10)18-4)7-8-16(2)9-15-14/h5-6,15H,7-9,14H2,1-4H3. The highest BCUT2D eigenvalue weighted by molar-refractivity contribution is 5.49. The smallest absolute Gasteiger partial charge is 0.128 e. The van der Waals surface area contributed by atoms with Crippen molar-refractivity contribution in [2.24, 2.45) is 5.84 Å². The van der Waals surface area contributed by atoms with Gasteiger partial charge in [-0.05, 0) is 32.0 Å². The molecule has 5 heteroatoms. The van der Waals surface area contributed by atoms with Crippen LogP contribution in [0.25, 0.3) is 0 Å². The first-order chi connectivity index (χ1) is 8.63. The van der Waals surface area contributed by atoms with E-state index in [1.165, 1.54) is 5.56 Å². The molecule has 0 spiro atoms. The van der Waals surface area contributed by atoms with Crippen LogP contribution in [0.3, 0.4) is 0 Å². The summed E-state index contributed by atoms with van der Waals surface area (Å²) in [7, 11) is 5.38. The normalized spacial score (nSPS) is 10.8. The fourth-order valence-electron chi connectivity index (χ4n) is 1.98. The van der Waals surface area contributed by atoms with Gasteiger partial charge in [-0.1, -0.05) is 6.07 Å². The Morgan fingerprint density at radius 3 is 2.56 bits per heavy atom. The van der Waals surface area contributed by atoms with Crippen LogP contribution in [0.4, 0.5) is 0 Å². The lowest BCUT2D eigenvalue weighted by Crippen LogP contribution is -2.36. The second-order valence-electron chi connectivity index (χ2n) is 4.28. The zero-order valence-electron chi connectivity index (χ0n) is 11.6. The van der Waals surface area contributed by atoms with Gasteiger partial charge in [-0.2, -0.15) is 0 Å². The average molecular weight is 253 g/mol. The first-order valence-electron chi connectivity index (χ1n) is 5.96. The molecular formula is C13H23N3O2. The van der Waals surface area contributed by atoms with Gasteiger partial charge in [0.25, 0.3) is 0 Å². The molecule has 1 aromatic rings. The Kier molecular flexibility index (Phi) is 5.91. The molecule has 0 fully saturated rings. The van der Waals surface area contributed by atoms with Gasteiger partial charge < -0.3 is 9.47 Å². The van der Waals surface area contributed by atoms with Gasteiger partial charge in [0.15, 0.2) is 0 Å². The van der Waals surface area contributed by atoms with Crippen molar-refractivity contribution < 1.29 is 9.47 Å². The molecule has 0 aliphatic rings. The van der Waals surface area contributed by atoms with E-state index in [1.54, 1.807) is 14.2 Å². The first kappa shape index (κ1) is 14.8. The van der Waals surface area contributed by atoms with Crippen LogP contribution in [0.15, 0.2) is 12.1 Å². The Hall–Kier alpha value is -1.30. The van der Waals surface area contributed by atoms with E-state index in [1.807, 2.05) is 26.1 Å². The van der Waals surface area contributed by atoms with Crippen molar-refractivity contribution >= 4 is 0 Å². The van der Waals surface area contributed by atoms with Crippen molar-refractivity contribution in [3.05, 3.63) is 23.3 Å². The van der Waals surface area contributed by atoms with Crippen LogP contribution in [0.1, 0.15) is 11.1 Å². The van der Waals surface area contributed by atoms with Crippen molar-refractivity contribution in [2.75, 3.05) is 34.5 Å². The van der Waals surface area contributed by atoms with Crippen LogP contribution in [-0.2, 0) is 6.42 Å². The van der Waals surface area contributed by atoms with Crippen LogP contribution in [0, 0.1) is 6.92 Å². The molecule has 0 saturated heterocycles. The summed E-state index contributed by atoms with van der Waals surface area (Å²) in [6.07, 6.45) is 0.909. The maximum absolute atomic E-state index is 5.47. The monoisotopic (exact) mass is 253 g/mol. The number of nitrogens with one attached hydrogen (secondary N) is 1. The van der Waals surface area contributed by atoms with Crippen LogP contribution in [-0.4, -0.2) is 39.4 Å². The maximum Gasteiger partial charge on any atom is 0.128 e. The van der Waals surface area contributed by atoms with E-state index in [0.29, 0.717) is 6.67 Å². The summed E-state index contributed by atoms with van der Waals surface area (Å²) < 4.78 is 10.8. The Morgan fingerprint density at radius 2 is 2.00 bits per heavy atom. The zero-order chi connectivity index (χ0) is 13.5. The van der Waals surface area contributed by atoms with E-state index in [4.69, 9.17) is 15.3 Å². The largest absolute Gasteiger partial charge is 0.496 e. The lowest BCUT2D eigenvalue weighted by Gasteiger charge is -2.18. The quantitative estimate of drug-likeness (QED) is 0.430. The molecule has 0 aromatic heterocycles. The summed E-state index contributed by atoms with van der Waals surface area (Å²) >= 11 is 0. The average Bonchev–Trinajstić information content (AvgIpc) is 2.36. The molecule has 0 radical (unpaired) electrons. The summed E-state index contributed by atoms with van der Waals surface area (Å²) in [4.78, 5) is 2.11. The van der Waals surface area contributed by atoms with Crippen molar-refractivity contribution in [1.82, 2.24) is 10.3 Å². The van der Waals surface area contributed by atoms with Gasteiger partial charge in [0, 0.05) is 12.1 Å². The predicted octanol–water partition coefficient (Wildman–Crippen LogP) is 0.907. The number of methoxy groups -OCH3 is 2. The van der Waals surface area contributed by atoms with Crippen LogP contribution in [0.2, 0.25) is 0 Å². The number of hydrogen-bond donors (Lipinski definition) is 2. The number of hydrogen-bond acceptors (Lipinski definition) is 5. The number of nitrogens with zero attached hydrogens (tertiary/aromatic N) is 1. The second-order valence-corrected chi connectivity index (χ2v) is 4.28. The number of hydrazine groups is 1. The molecule has 0 aliphatic carbocycles. The lowest BCUT2D eigenvalue weighted by atomic mass is 10.1. The van der Waals surface area contributed by atoms with Crippen molar-refractivity contribution in [1.29, 1.82) is 0 Å². The van der Waals surface area contributed by atoms with E-state index >= 15 is 0 Å². The van der Waals surface area contributed by atoms with E-state index < -0.39 is 0 Å². The molecule has 0 unspecified atom stereocenters. The van der Waals surface area contributed by atoms with Gasteiger partial charge >= 0.3 is 0 Å². The number of benzene rings is 1. The Balaban J connectivity index is 2.79. The minimum Gasteiger partial charge on any atom is -0.496 e. The minimum absolute atomic E-state index is 0.664. The molecule has 0 bridgehead atoms. The first-order valence-corrected chi connectivity index (χ1v) is 5.96. The van der Waals surface area contributed by atoms with Gasteiger partial charge in [-0.3, -0.25) is 10.7 Å². The third-order valence-electron chi connectivity index (χ3n) is 2.99. The Morgan fingerprint density at radius 1 is 1.28 bits per heavy atom. The summed E-state index contributed by atoms with van der Waals surface area (Å²) in [5.74, 6) is 7.04. The molecule has 0 aliphatic heterocycles. The van der Waals surface area contributed by atoms with Gasteiger partial charge in [0.05, 0.1) is 20.9 Å². The van der Waals surface area contributed by atoms with Gasteiger partial charge in [0.1, 0.15) is 11.5 Å². The fraction of sp³-hybridized carbons (Fsp3) is 0.538. The molecule has 5 nitrogen and oxygen atoms in total. The molecular weight excluding hydrogens is 230 g/mol. The van der Waals surface area contributed by atoms with Gasteiger partial charge in [-0.15, -0.1) is 0 Å². The summed E-state index contributed by atoms with van der Waals surface area (Å²) in [6.45, 7) is 3.58. The van der Waals surface area contributed by atoms with E-state index in [9.17, 15) is 0 Å².